The molecule has 0 radical (unpaired) electrons. The Morgan fingerprint density at radius 3 is 2.85 bits per heavy atom. The van der Waals surface area contributed by atoms with Crippen molar-refractivity contribution in [3.63, 3.8) is 0 Å². The van der Waals surface area contributed by atoms with Crippen LogP contribution in [0, 0.1) is 5.92 Å². The molecule has 0 bridgehead atoms. The van der Waals surface area contributed by atoms with Crippen LogP contribution in [0.2, 0.25) is 0 Å². The molecule has 0 aromatic heterocycles. The molecule has 0 spiro atoms. The lowest BCUT2D eigenvalue weighted by atomic mass is 10.1. The number of rotatable bonds is 3. The summed E-state index contributed by atoms with van der Waals surface area (Å²) in [6.07, 6.45) is 6.07. The van der Waals surface area contributed by atoms with Crippen molar-refractivity contribution < 1.29 is 9.53 Å². The smallest absolute Gasteiger partial charge is 0.302 e. The fourth-order valence-corrected chi connectivity index (χ4v) is 1.34. The second-order valence-corrected chi connectivity index (χ2v) is 3.28. The van der Waals surface area contributed by atoms with Crippen molar-refractivity contribution >= 4 is 5.97 Å². The van der Waals surface area contributed by atoms with Gasteiger partial charge < -0.3 is 9.64 Å². The van der Waals surface area contributed by atoms with Crippen molar-refractivity contribution in [2.24, 2.45) is 5.92 Å². The third-order valence-corrected chi connectivity index (χ3v) is 1.97. The van der Waals surface area contributed by atoms with Gasteiger partial charge in [-0.25, -0.2) is 0 Å². The van der Waals surface area contributed by atoms with Crippen molar-refractivity contribution in [2.45, 2.75) is 6.92 Å². The first-order valence-corrected chi connectivity index (χ1v) is 4.30. The van der Waals surface area contributed by atoms with Crippen molar-refractivity contribution in [2.75, 3.05) is 20.7 Å². The standard InChI is InChI=1S/C10H15NO2/c1-8(12)13-7-9-5-4-6-10(9)11(2)3/h4-6,9H,7H2,1-3H3. The quantitative estimate of drug-likeness (QED) is 0.612. The van der Waals surface area contributed by atoms with Gasteiger partial charge in [0.25, 0.3) is 0 Å². The summed E-state index contributed by atoms with van der Waals surface area (Å²) in [6, 6.07) is 0. The maximum atomic E-state index is 10.6. The van der Waals surface area contributed by atoms with Gasteiger partial charge in [-0.15, -0.1) is 0 Å². The highest BCUT2D eigenvalue weighted by Gasteiger charge is 2.17. The van der Waals surface area contributed by atoms with Crippen LogP contribution < -0.4 is 0 Å². The summed E-state index contributed by atoms with van der Waals surface area (Å²) < 4.78 is 4.95. The Kier molecular flexibility index (Phi) is 3.12. The van der Waals surface area contributed by atoms with Crippen LogP contribution in [0.1, 0.15) is 6.92 Å². The van der Waals surface area contributed by atoms with Crippen LogP contribution >= 0.6 is 0 Å². The predicted octanol–water partition coefficient (Wildman–Crippen LogP) is 1.18. The van der Waals surface area contributed by atoms with E-state index < -0.39 is 0 Å². The van der Waals surface area contributed by atoms with Crippen LogP contribution in [-0.4, -0.2) is 31.6 Å². The Morgan fingerprint density at radius 2 is 2.31 bits per heavy atom. The summed E-state index contributed by atoms with van der Waals surface area (Å²) in [5.41, 5.74) is 1.18. The van der Waals surface area contributed by atoms with Crippen LogP contribution in [0.15, 0.2) is 23.9 Å². The molecule has 0 aromatic rings. The molecule has 1 rings (SSSR count). The van der Waals surface area contributed by atoms with Crippen LogP contribution in [0.4, 0.5) is 0 Å². The average Bonchev–Trinajstić information content (AvgIpc) is 2.47. The lowest BCUT2D eigenvalue weighted by Crippen LogP contribution is -2.20. The molecule has 0 amide bonds. The highest BCUT2D eigenvalue weighted by Crippen LogP contribution is 2.21. The molecule has 0 saturated carbocycles. The molecule has 1 aliphatic rings. The van der Waals surface area contributed by atoms with Crippen LogP contribution in [0.25, 0.3) is 0 Å². The number of ether oxygens (including phenoxy) is 1. The van der Waals surface area contributed by atoms with E-state index in [0.717, 1.165) is 0 Å². The molecule has 3 heteroatoms. The maximum absolute atomic E-state index is 10.6. The third-order valence-electron chi connectivity index (χ3n) is 1.97. The largest absolute Gasteiger partial charge is 0.465 e. The SMILES string of the molecule is CC(=O)OCC1C=CC=C1N(C)C. The average molecular weight is 181 g/mol. The van der Waals surface area contributed by atoms with Crippen LogP contribution in [0.3, 0.4) is 0 Å². The van der Waals surface area contributed by atoms with E-state index in [1.807, 2.05) is 37.2 Å². The summed E-state index contributed by atoms with van der Waals surface area (Å²) in [5.74, 6) is -0.00249. The zero-order valence-corrected chi connectivity index (χ0v) is 8.28. The molecular formula is C10H15NO2. The molecule has 1 atom stereocenters. The second kappa shape index (κ2) is 4.12. The Labute approximate surface area is 78.7 Å². The lowest BCUT2D eigenvalue weighted by Gasteiger charge is -2.20. The Balaban J connectivity index is 2.47. The molecule has 0 saturated heterocycles. The molecular weight excluding hydrogens is 166 g/mol. The first kappa shape index (κ1) is 9.84. The molecule has 0 N–H and O–H groups in total. The zero-order valence-electron chi connectivity index (χ0n) is 8.28. The topological polar surface area (TPSA) is 29.5 Å². The van der Waals surface area contributed by atoms with Gasteiger partial charge in [0.1, 0.15) is 6.61 Å². The first-order chi connectivity index (χ1) is 6.11. The third kappa shape index (κ3) is 2.61. The summed E-state index contributed by atoms with van der Waals surface area (Å²) in [6.45, 7) is 1.87. The lowest BCUT2D eigenvalue weighted by molar-refractivity contribution is -0.141. The fraction of sp³-hybridized carbons (Fsp3) is 0.500. The van der Waals surface area contributed by atoms with Crippen molar-refractivity contribution in [1.29, 1.82) is 0 Å². The minimum absolute atomic E-state index is 0.221. The van der Waals surface area contributed by atoms with Crippen LogP contribution in [0.5, 0.6) is 0 Å². The highest BCUT2D eigenvalue weighted by atomic mass is 16.5. The first-order valence-electron chi connectivity index (χ1n) is 4.30. The summed E-state index contributed by atoms with van der Waals surface area (Å²) in [7, 11) is 3.97. The summed E-state index contributed by atoms with van der Waals surface area (Å²) >= 11 is 0. The van der Waals surface area contributed by atoms with Gasteiger partial charge in [0, 0.05) is 26.7 Å². The number of carbonyl (C=O) groups excluding carboxylic acids is 1. The van der Waals surface area contributed by atoms with Gasteiger partial charge in [-0.3, -0.25) is 4.79 Å². The number of hydrogen-bond acceptors (Lipinski definition) is 3. The Hall–Kier alpha value is -1.25. The molecule has 1 unspecified atom stereocenters. The van der Waals surface area contributed by atoms with E-state index in [2.05, 4.69) is 0 Å². The Morgan fingerprint density at radius 1 is 1.62 bits per heavy atom. The van der Waals surface area contributed by atoms with Crippen LogP contribution in [-0.2, 0) is 9.53 Å². The summed E-state index contributed by atoms with van der Waals surface area (Å²) in [5, 5.41) is 0. The molecule has 1 aliphatic carbocycles. The number of allylic oxidation sites excluding steroid dienone is 2. The molecule has 0 aromatic carbocycles. The molecule has 3 nitrogen and oxygen atoms in total. The number of carbonyl (C=O) groups is 1. The highest BCUT2D eigenvalue weighted by molar-refractivity contribution is 5.65. The number of esters is 1. The predicted molar refractivity (Wildman–Crippen MR) is 51.0 cm³/mol. The van der Waals surface area contributed by atoms with Gasteiger partial charge in [-0.05, 0) is 6.08 Å². The molecule has 72 valence electrons. The van der Waals surface area contributed by atoms with Gasteiger partial charge in [0.15, 0.2) is 0 Å². The minimum atomic E-state index is -0.224. The Bertz CT molecular complexity index is 254. The number of hydrogen-bond donors (Lipinski definition) is 0. The maximum Gasteiger partial charge on any atom is 0.302 e. The van der Waals surface area contributed by atoms with Gasteiger partial charge >= 0.3 is 5.97 Å². The molecule has 0 fully saturated rings. The monoisotopic (exact) mass is 181 g/mol. The van der Waals surface area contributed by atoms with E-state index in [-0.39, 0.29) is 11.9 Å². The van der Waals surface area contributed by atoms with Crippen molar-refractivity contribution in [1.82, 2.24) is 4.90 Å². The zero-order chi connectivity index (χ0) is 9.84. The normalized spacial score (nSPS) is 19.9. The van der Waals surface area contributed by atoms with Gasteiger partial charge in [-0.2, -0.15) is 0 Å². The second-order valence-electron chi connectivity index (χ2n) is 3.28. The molecule has 13 heavy (non-hydrogen) atoms. The minimum Gasteiger partial charge on any atom is -0.465 e. The van der Waals surface area contributed by atoms with Crippen molar-refractivity contribution in [3.8, 4) is 0 Å². The van der Waals surface area contributed by atoms with E-state index in [0.29, 0.717) is 6.61 Å². The van der Waals surface area contributed by atoms with Gasteiger partial charge in [0.05, 0.1) is 5.92 Å². The van der Waals surface area contributed by atoms with E-state index in [4.69, 9.17) is 4.74 Å². The van der Waals surface area contributed by atoms with E-state index in [1.165, 1.54) is 12.6 Å². The fourth-order valence-electron chi connectivity index (χ4n) is 1.34. The van der Waals surface area contributed by atoms with Crippen molar-refractivity contribution in [3.05, 3.63) is 23.9 Å². The van der Waals surface area contributed by atoms with Gasteiger partial charge in [-0.1, -0.05) is 12.2 Å². The molecule has 0 aliphatic heterocycles. The van der Waals surface area contributed by atoms with E-state index >= 15 is 0 Å². The number of nitrogens with zero attached hydrogens (tertiary/aromatic N) is 1. The molecule has 0 heterocycles. The summed E-state index contributed by atoms with van der Waals surface area (Å²) in [4.78, 5) is 12.6. The van der Waals surface area contributed by atoms with E-state index in [1.54, 1.807) is 0 Å². The van der Waals surface area contributed by atoms with Gasteiger partial charge in [0.2, 0.25) is 0 Å². The van der Waals surface area contributed by atoms with E-state index in [9.17, 15) is 4.79 Å².